The molecule has 1 aliphatic rings. The standard InChI is InChI=1S/C10H16N2O/c1-3-12(4-2)10(13)9-7-5-6-8-11-9/h6,8H,3-5,7H2,1-2H3. The van der Waals surface area contributed by atoms with Gasteiger partial charge in [-0.15, -0.1) is 0 Å². The van der Waals surface area contributed by atoms with E-state index in [9.17, 15) is 4.79 Å². The highest BCUT2D eigenvalue weighted by Crippen LogP contribution is 2.05. The van der Waals surface area contributed by atoms with Crippen molar-refractivity contribution in [2.24, 2.45) is 4.99 Å². The van der Waals surface area contributed by atoms with Gasteiger partial charge in [-0.2, -0.15) is 0 Å². The quantitative estimate of drug-likeness (QED) is 0.649. The van der Waals surface area contributed by atoms with Gasteiger partial charge in [0.15, 0.2) is 0 Å². The molecule has 0 saturated carbocycles. The number of aliphatic imine (C=N–C) groups is 1. The zero-order valence-corrected chi connectivity index (χ0v) is 8.29. The molecule has 0 saturated heterocycles. The van der Waals surface area contributed by atoms with Crippen molar-refractivity contribution in [3.8, 4) is 0 Å². The molecule has 0 aromatic rings. The topological polar surface area (TPSA) is 32.7 Å². The molecule has 1 heterocycles. The average molecular weight is 180 g/mol. The third kappa shape index (κ3) is 2.41. The second kappa shape index (κ2) is 4.80. The number of rotatable bonds is 3. The van der Waals surface area contributed by atoms with E-state index in [1.165, 1.54) is 0 Å². The van der Waals surface area contributed by atoms with Gasteiger partial charge in [0.2, 0.25) is 0 Å². The first-order valence-electron chi connectivity index (χ1n) is 4.80. The SMILES string of the molecule is CCN(CC)C(=O)C1=NC=CCC1. The van der Waals surface area contributed by atoms with Gasteiger partial charge >= 0.3 is 0 Å². The Labute approximate surface area is 79.1 Å². The molecule has 3 nitrogen and oxygen atoms in total. The van der Waals surface area contributed by atoms with Crippen LogP contribution in [0.15, 0.2) is 17.3 Å². The zero-order chi connectivity index (χ0) is 9.68. The Bertz CT molecular complexity index is 239. The van der Waals surface area contributed by atoms with Crippen LogP contribution >= 0.6 is 0 Å². The highest BCUT2D eigenvalue weighted by atomic mass is 16.2. The average Bonchev–Trinajstić information content (AvgIpc) is 2.21. The van der Waals surface area contributed by atoms with Crippen LogP contribution in [-0.4, -0.2) is 29.6 Å². The summed E-state index contributed by atoms with van der Waals surface area (Å²) in [6, 6.07) is 0. The number of hydrogen-bond donors (Lipinski definition) is 0. The normalized spacial score (nSPS) is 15.4. The van der Waals surface area contributed by atoms with Crippen molar-refractivity contribution in [2.45, 2.75) is 26.7 Å². The van der Waals surface area contributed by atoms with Gasteiger partial charge in [-0.1, -0.05) is 6.08 Å². The summed E-state index contributed by atoms with van der Waals surface area (Å²) in [5, 5.41) is 0. The molecule has 0 spiro atoms. The Balaban J connectivity index is 2.65. The predicted octanol–water partition coefficient (Wildman–Crippen LogP) is 1.60. The summed E-state index contributed by atoms with van der Waals surface area (Å²) >= 11 is 0. The number of hydrogen-bond acceptors (Lipinski definition) is 2. The van der Waals surface area contributed by atoms with E-state index in [1.807, 2.05) is 19.9 Å². The third-order valence-electron chi connectivity index (χ3n) is 2.18. The Hall–Kier alpha value is -1.12. The molecule has 1 aliphatic heterocycles. The molecule has 72 valence electrons. The van der Waals surface area contributed by atoms with Crippen LogP contribution in [0.3, 0.4) is 0 Å². The molecule has 0 radical (unpaired) electrons. The van der Waals surface area contributed by atoms with Gasteiger partial charge in [-0.05, 0) is 26.7 Å². The number of carbonyl (C=O) groups is 1. The maximum atomic E-state index is 11.7. The Morgan fingerprint density at radius 3 is 2.69 bits per heavy atom. The minimum absolute atomic E-state index is 0.0920. The van der Waals surface area contributed by atoms with Crippen LogP contribution in [0.25, 0.3) is 0 Å². The minimum atomic E-state index is 0.0920. The van der Waals surface area contributed by atoms with Gasteiger partial charge < -0.3 is 4.90 Å². The van der Waals surface area contributed by atoms with E-state index in [2.05, 4.69) is 4.99 Å². The highest BCUT2D eigenvalue weighted by Gasteiger charge is 2.16. The summed E-state index contributed by atoms with van der Waals surface area (Å²) in [5.41, 5.74) is 0.700. The molecule has 0 atom stereocenters. The number of allylic oxidation sites excluding steroid dienone is 1. The summed E-state index contributed by atoms with van der Waals surface area (Å²) < 4.78 is 0. The van der Waals surface area contributed by atoms with E-state index in [4.69, 9.17) is 0 Å². The summed E-state index contributed by atoms with van der Waals surface area (Å²) in [5.74, 6) is 0.0920. The van der Waals surface area contributed by atoms with Gasteiger partial charge in [0.25, 0.3) is 5.91 Å². The van der Waals surface area contributed by atoms with Crippen molar-refractivity contribution in [2.75, 3.05) is 13.1 Å². The van der Waals surface area contributed by atoms with E-state index in [0.717, 1.165) is 25.9 Å². The lowest BCUT2D eigenvalue weighted by Gasteiger charge is -2.19. The molecule has 1 rings (SSSR count). The number of carbonyl (C=O) groups excluding carboxylic acids is 1. The van der Waals surface area contributed by atoms with Crippen LogP contribution in [0.1, 0.15) is 26.7 Å². The summed E-state index contributed by atoms with van der Waals surface area (Å²) in [6.07, 6.45) is 5.43. The second-order valence-corrected chi connectivity index (χ2v) is 2.98. The van der Waals surface area contributed by atoms with Crippen LogP contribution in [0.4, 0.5) is 0 Å². The number of amides is 1. The van der Waals surface area contributed by atoms with Crippen molar-refractivity contribution < 1.29 is 4.79 Å². The van der Waals surface area contributed by atoms with Crippen molar-refractivity contribution in [1.82, 2.24) is 4.90 Å². The maximum absolute atomic E-state index is 11.7. The lowest BCUT2D eigenvalue weighted by Crippen LogP contribution is -2.36. The third-order valence-corrected chi connectivity index (χ3v) is 2.18. The Kier molecular flexibility index (Phi) is 3.68. The summed E-state index contributed by atoms with van der Waals surface area (Å²) in [7, 11) is 0. The van der Waals surface area contributed by atoms with Crippen LogP contribution < -0.4 is 0 Å². The smallest absolute Gasteiger partial charge is 0.268 e. The molecule has 1 amide bonds. The van der Waals surface area contributed by atoms with Crippen molar-refractivity contribution in [3.05, 3.63) is 12.3 Å². The van der Waals surface area contributed by atoms with Gasteiger partial charge in [0, 0.05) is 19.3 Å². The first-order valence-corrected chi connectivity index (χ1v) is 4.80. The van der Waals surface area contributed by atoms with Crippen molar-refractivity contribution in [1.29, 1.82) is 0 Å². The van der Waals surface area contributed by atoms with Gasteiger partial charge in [0.1, 0.15) is 5.71 Å². The minimum Gasteiger partial charge on any atom is -0.338 e. The van der Waals surface area contributed by atoms with Crippen LogP contribution in [-0.2, 0) is 4.79 Å². The Morgan fingerprint density at radius 2 is 2.23 bits per heavy atom. The van der Waals surface area contributed by atoms with Gasteiger partial charge in [-0.25, -0.2) is 0 Å². The van der Waals surface area contributed by atoms with Crippen molar-refractivity contribution in [3.63, 3.8) is 0 Å². The van der Waals surface area contributed by atoms with Gasteiger partial charge in [-0.3, -0.25) is 9.79 Å². The van der Waals surface area contributed by atoms with E-state index in [1.54, 1.807) is 11.1 Å². The molecule has 0 fully saturated rings. The van der Waals surface area contributed by atoms with Crippen LogP contribution in [0.5, 0.6) is 0 Å². The highest BCUT2D eigenvalue weighted by molar-refractivity contribution is 6.39. The summed E-state index contributed by atoms with van der Waals surface area (Å²) in [4.78, 5) is 17.6. The van der Waals surface area contributed by atoms with Gasteiger partial charge in [0.05, 0.1) is 0 Å². The van der Waals surface area contributed by atoms with Crippen LogP contribution in [0.2, 0.25) is 0 Å². The fraction of sp³-hybridized carbons (Fsp3) is 0.600. The molecule has 0 N–H and O–H groups in total. The maximum Gasteiger partial charge on any atom is 0.268 e. The molecule has 0 aromatic heterocycles. The fourth-order valence-corrected chi connectivity index (χ4v) is 1.36. The molecule has 0 aliphatic carbocycles. The second-order valence-electron chi connectivity index (χ2n) is 2.98. The molecule has 3 heteroatoms. The molecular formula is C10H16N2O. The lowest BCUT2D eigenvalue weighted by atomic mass is 10.1. The predicted molar refractivity (Wildman–Crippen MR) is 53.7 cm³/mol. The van der Waals surface area contributed by atoms with Crippen molar-refractivity contribution >= 4 is 11.6 Å². The van der Waals surface area contributed by atoms with Crippen LogP contribution in [0, 0.1) is 0 Å². The van der Waals surface area contributed by atoms with E-state index < -0.39 is 0 Å². The van der Waals surface area contributed by atoms with E-state index in [0.29, 0.717) is 5.71 Å². The molecule has 13 heavy (non-hydrogen) atoms. The van der Waals surface area contributed by atoms with E-state index in [-0.39, 0.29) is 5.91 Å². The fourth-order valence-electron chi connectivity index (χ4n) is 1.36. The zero-order valence-electron chi connectivity index (χ0n) is 8.29. The largest absolute Gasteiger partial charge is 0.338 e. The molecule has 0 bridgehead atoms. The summed E-state index contributed by atoms with van der Waals surface area (Å²) in [6.45, 7) is 5.50. The Morgan fingerprint density at radius 1 is 1.54 bits per heavy atom. The first-order chi connectivity index (χ1) is 6.29. The monoisotopic (exact) mass is 180 g/mol. The molecule has 0 aromatic carbocycles. The lowest BCUT2D eigenvalue weighted by molar-refractivity contribution is -0.123. The first kappa shape index (κ1) is 9.96. The number of nitrogens with zero attached hydrogens (tertiary/aromatic N) is 2. The molecular weight excluding hydrogens is 164 g/mol. The molecule has 0 unspecified atom stereocenters. The van der Waals surface area contributed by atoms with E-state index >= 15 is 0 Å².